The van der Waals surface area contributed by atoms with Gasteiger partial charge in [0.05, 0.1) is 24.9 Å². The lowest BCUT2D eigenvalue weighted by Crippen LogP contribution is -2.41. The summed E-state index contributed by atoms with van der Waals surface area (Å²) in [6.07, 6.45) is 1.41. The summed E-state index contributed by atoms with van der Waals surface area (Å²) in [6, 6.07) is 14.7. The Labute approximate surface area is 182 Å². The number of nitrogens with zero attached hydrogens (tertiary/aromatic N) is 2. The van der Waals surface area contributed by atoms with Crippen LogP contribution in [0.1, 0.15) is 44.7 Å². The molecule has 4 rings (SSSR count). The molecule has 31 heavy (non-hydrogen) atoms. The minimum Gasteiger partial charge on any atom is -0.490 e. The molecule has 0 radical (unpaired) electrons. The Morgan fingerprint density at radius 1 is 1.03 bits per heavy atom. The van der Waals surface area contributed by atoms with Gasteiger partial charge < -0.3 is 14.8 Å². The van der Waals surface area contributed by atoms with Crippen LogP contribution in [-0.4, -0.2) is 30.7 Å². The average Bonchev–Trinajstić information content (AvgIpc) is 3.03. The molecule has 1 N–H and O–H groups in total. The van der Waals surface area contributed by atoms with Crippen molar-refractivity contribution in [3.63, 3.8) is 0 Å². The second kappa shape index (κ2) is 9.20. The predicted molar refractivity (Wildman–Crippen MR) is 118 cm³/mol. The van der Waals surface area contributed by atoms with Crippen molar-refractivity contribution in [3.8, 4) is 11.5 Å². The Morgan fingerprint density at radius 3 is 2.52 bits per heavy atom. The summed E-state index contributed by atoms with van der Waals surface area (Å²) in [7, 11) is 0. The molecule has 2 heterocycles. The second-order valence-corrected chi connectivity index (χ2v) is 8.04. The number of hydrazone groups is 1. The van der Waals surface area contributed by atoms with E-state index in [0.717, 1.165) is 17.7 Å². The first-order chi connectivity index (χ1) is 15.0. The van der Waals surface area contributed by atoms with Crippen LogP contribution in [0.4, 0.5) is 5.69 Å². The van der Waals surface area contributed by atoms with Crippen LogP contribution in [0, 0.1) is 5.92 Å². The number of rotatable bonds is 5. The van der Waals surface area contributed by atoms with Gasteiger partial charge in [-0.3, -0.25) is 9.59 Å². The molecule has 0 unspecified atom stereocenters. The summed E-state index contributed by atoms with van der Waals surface area (Å²) in [5.41, 5.74) is 1.95. The molecule has 0 aromatic heterocycles. The number of hydrogen-bond acceptors (Lipinski definition) is 5. The number of hydrogen-bond donors (Lipinski definition) is 1. The van der Waals surface area contributed by atoms with E-state index in [1.165, 1.54) is 5.01 Å². The number of para-hydroxylation sites is 1. The lowest BCUT2D eigenvalue weighted by atomic mass is 9.95. The van der Waals surface area contributed by atoms with Crippen molar-refractivity contribution in [1.29, 1.82) is 0 Å². The number of carbonyl (C=O) groups excluding carboxylic acids is 2. The normalized spacial score (nSPS) is 17.1. The molecule has 0 fully saturated rings. The Kier molecular flexibility index (Phi) is 6.21. The third kappa shape index (κ3) is 4.71. The maximum atomic E-state index is 13.1. The Balaban J connectivity index is 1.55. The van der Waals surface area contributed by atoms with Crippen molar-refractivity contribution in [2.75, 3.05) is 18.2 Å². The van der Waals surface area contributed by atoms with E-state index < -0.39 is 0 Å². The lowest BCUT2D eigenvalue weighted by molar-refractivity contribution is -0.119. The van der Waals surface area contributed by atoms with E-state index in [-0.39, 0.29) is 30.2 Å². The van der Waals surface area contributed by atoms with Gasteiger partial charge in [0.15, 0.2) is 11.5 Å². The Morgan fingerprint density at radius 2 is 1.77 bits per heavy atom. The van der Waals surface area contributed by atoms with Crippen LogP contribution in [0.2, 0.25) is 0 Å². The average molecular weight is 421 g/mol. The summed E-state index contributed by atoms with van der Waals surface area (Å²) in [5, 5.41) is 8.79. The highest BCUT2D eigenvalue weighted by atomic mass is 16.5. The summed E-state index contributed by atoms with van der Waals surface area (Å²) in [5.74, 6) is 1.18. The second-order valence-electron chi connectivity index (χ2n) is 8.04. The van der Waals surface area contributed by atoms with Crippen molar-refractivity contribution < 1.29 is 19.1 Å². The molecule has 0 spiro atoms. The van der Waals surface area contributed by atoms with Gasteiger partial charge in [0.25, 0.3) is 5.91 Å². The number of fused-ring (bicyclic) bond motifs is 1. The van der Waals surface area contributed by atoms with Crippen LogP contribution < -0.4 is 19.8 Å². The Hall–Kier alpha value is -3.35. The topological polar surface area (TPSA) is 80.2 Å². The zero-order chi connectivity index (χ0) is 21.8. The minimum atomic E-state index is -0.265. The van der Waals surface area contributed by atoms with Gasteiger partial charge in [-0.1, -0.05) is 38.1 Å². The van der Waals surface area contributed by atoms with Crippen LogP contribution >= 0.6 is 0 Å². The van der Waals surface area contributed by atoms with Crippen molar-refractivity contribution >= 4 is 23.2 Å². The lowest BCUT2D eigenvalue weighted by Gasteiger charge is -2.26. The smallest absolute Gasteiger partial charge is 0.268 e. The third-order valence-electron chi connectivity index (χ3n) is 5.38. The molecule has 7 heteroatoms. The number of benzene rings is 2. The number of nitrogens with one attached hydrogen (secondary N) is 1. The Bertz CT molecular complexity index is 988. The van der Waals surface area contributed by atoms with Gasteiger partial charge in [0.1, 0.15) is 5.71 Å². The van der Waals surface area contributed by atoms with Crippen molar-refractivity contribution in [1.82, 2.24) is 5.32 Å². The zero-order valence-electron chi connectivity index (χ0n) is 17.8. The molecule has 2 amide bonds. The maximum absolute atomic E-state index is 13.1. The summed E-state index contributed by atoms with van der Waals surface area (Å²) < 4.78 is 11.5. The van der Waals surface area contributed by atoms with Gasteiger partial charge in [-0.15, -0.1) is 0 Å². The molecule has 2 aliphatic rings. The van der Waals surface area contributed by atoms with Gasteiger partial charge in [0.2, 0.25) is 5.91 Å². The molecule has 162 valence electrons. The van der Waals surface area contributed by atoms with Gasteiger partial charge in [0, 0.05) is 19.3 Å². The van der Waals surface area contributed by atoms with Gasteiger partial charge in [-0.25, -0.2) is 5.01 Å². The first-order valence-corrected chi connectivity index (χ1v) is 10.7. The molecule has 0 saturated carbocycles. The quantitative estimate of drug-likeness (QED) is 0.795. The number of anilines is 1. The molecule has 7 nitrogen and oxygen atoms in total. The van der Waals surface area contributed by atoms with E-state index in [4.69, 9.17) is 9.47 Å². The van der Waals surface area contributed by atoms with Gasteiger partial charge >= 0.3 is 0 Å². The molecule has 1 atom stereocenters. The maximum Gasteiger partial charge on any atom is 0.268 e. The van der Waals surface area contributed by atoms with Crippen LogP contribution in [0.5, 0.6) is 11.5 Å². The third-order valence-corrected chi connectivity index (χ3v) is 5.38. The summed E-state index contributed by atoms with van der Waals surface area (Å²) in [4.78, 5) is 25.4. The molecule has 0 saturated heterocycles. The highest BCUT2D eigenvalue weighted by Gasteiger charge is 2.28. The fourth-order valence-corrected chi connectivity index (χ4v) is 3.72. The van der Waals surface area contributed by atoms with Crippen LogP contribution in [0.15, 0.2) is 53.6 Å². The highest BCUT2D eigenvalue weighted by molar-refractivity contribution is 6.40. The standard InChI is InChI=1S/C24H27N3O4/c1-16(2)23(17-9-11-20-21(15-17)31-14-6-13-30-20)25-24(29)19-10-12-22(28)27(26-19)18-7-4-3-5-8-18/h3-5,7-9,11,15-16,23H,6,10,12-14H2,1-2H3,(H,25,29)/t23-/m1/s1. The van der Waals surface area contributed by atoms with Gasteiger partial charge in [-0.05, 0) is 35.7 Å². The largest absolute Gasteiger partial charge is 0.490 e. The van der Waals surface area contributed by atoms with Crippen molar-refractivity contribution in [2.45, 2.75) is 39.2 Å². The fourth-order valence-electron chi connectivity index (χ4n) is 3.72. The van der Waals surface area contributed by atoms with E-state index in [2.05, 4.69) is 24.3 Å². The monoisotopic (exact) mass is 421 g/mol. The van der Waals surface area contributed by atoms with Crippen LogP contribution in [0.3, 0.4) is 0 Å². The fraction of sp³-hybridized carbons (Fsp3) is 0.375. The van der Waals surface area contributed by atoms with Crippen LogP contribution in [0.25, 0.3) is 0 Å². The highest BCUT2D eigenvalue weighted by Crippen LogP contribution is 2.34. The predicted octanol–water partition coefficient (Wildman–Crippen LogP) is 3.84. The number of amides is 2. The first-order valence-electron chi connectivity index (χ1n) is 10.7. The van der Waals surface area contributed by atoms with E-state index in [1.807, 2.05) is 36.4 Å². The van der Waals surface area contributed by atoms with Crippen molar-refractivity contribution in [2.24, 2.45) is 11.0 Å². The molecule has 2 aromatic rings. The molecule has 2 aliphatic heterocycles. The molecular formula is C24H27N3O4. The molecule has 0 bridgehead atoms. The SMILES string of the molecule is CC(C)[C@@H](NC(=O)C1=NN(c2ccccc2)C(=O)CC1)c1ccc2c(c1)OCCCO2. The van der Waals surface area contributed by atoms with Crippen molar-refractivity contribution in [3.05, 3.63) is 54.1 Å². The van der Waals surface area contributed by atoms with E-state index in [1.54, 1.807) is 12.1 Å². The van der Waals surface area contributed by atoms with Gasteiger partial charge in [-0.2, -0.15) is 5.10 Å². The van der Waals surface area contributed by atoms with E-state index in [9.17, 15) is 9.59 Å². The summed E-state index contributed by atoms with van der Waals surface area (Å²) in [6.45, 7) is 5.34. The van der Waals surface area contributed by atoms with Crippen LogP contribution in [-0.2, 0) is 9.59 Å². The minimum absolute atomic E-state index is 0.119. The zero-order valence-corrected chi connectivity index (χ0v) is 17.8. The summed E-state index contributed by atoms with van der Waals surface area (Å²) >= 11 is 0. The van der Waals surface area contributed by atoms with E-state index >= 15 is 0 Å². The number of carbonyl (C=O) groups is 2. The first kappa shape index (κ1) is 20.9. The van der Waals surface area contributed by atoms with E-state index in [0.29, 0.717) is 36.8 Å². The number of ether oxygens (including phenoxy) is 2. The molecule has 0 aliphatic carbocycles. The molecular weight excluding hydrogens is 394 g/mol. The molecule has 2 aromatic carbocycles.